The number of nitrogens with zero attached hydrogens (tertiary/aromatic N) is 2. The van der Waals surface area contributed by atoms with Crippen LogP contribution in [0.15, 0.2) is 40.7 Å². The van der Waals surface area contributed by atoms with Gasteiger partial charge >= 0.3 is 0 Å². The molecule has 25 heavy (non-hydrogen) atoms. The second-order valence-electron chi connectivity index (χ2n) is 5.60. The number of anilines is 2. The zero-order valence-corrected chi connectivity index (χ0v) is 15.0. The van der Waals surface area contributed by atoms with E-state index in [9.17, 15) is 4.79 Å². The second kappa shape index (κ2) is 6.38. The van der Waals surface area contributed by atoms with Gasteiger partial charge in [0.1, 0.15) is 5.82 Å². The summed E-state index contributed by atoms with van der Waals surface area (Å²) in [6, 6.07) is 11.3. The van der Waals surface area contributed by atoms with Crippen LogP contribution in [-0.4, -0.2) is 26.6 Å². The number of aromatic amines is 1. The minimum atomic E-state index is -0.0700. The van der Waals surface area contributed by atoms with Crippen LogP contribution in [0.5, 0.6) is 0 Å². The van der Waals surface area contributed by atoms with Gasteiger partial charge in [-0.2, -0.15) is 0 Å². The summed E-state index contributed by atoms with van der Waals surface area (Å²) in [6.45, 7) is 1.90. The summed E-state index contributed by atoms with van der Waals surface area (Å²) >= 11 is 2.96. The van der Waals surface area contributed by atoms with Crippen LogP contribution in [0.25, 0.3) is 21.3 Å². The molecule has 0 atom stereocenters. The number of benzene rings is 2. The standard InChI is InChI=1S/C17H15N5OS2/c1-9-19-12-5-3-11(7-14(12)20-9)21-16(23)8-24-17-22-13-4-2-10(18)6-15(13)25-17/h2-7H,8,18H2,1H3,(H,19,20)(H,21,23). The predicted molar refractivity (Wildman–Crippen MR) is 104 cm³/mol. The third kappa shape index (κ3) is 3.45. The van der Waals surface area contributed by atoms with E-state index in [-0.39, 0.29) is 5.91 Å². The molecular weight excluding hydrogens is 354 g/mol. The van der Waals surface area contributed by atoms with Crippen LogP contribution in [0.2, 0.25) is 0 Å². The minimum Gasteiger partial charge on any atom is -0.399 e. The monoisotopic (exact) mass is 369 g/mol. The Labute approximate surface area is 151 Å². The maximum Gasteiger partial charge on any atom is 0.234 e. The van der Waals surface area contributed by atoms with Crippen LogP contribution >= 0.6 is 23.1 Å². The molecule has 0 fully saturated rings. The van der Waals surface area contributed by atoms with Gasteiger partial charge in [-0.1, -0.05) is 11.8 Å². The van der Waals surface area contributed by atoms with E-state index < -0.39 is 0 Å². The zero-order valence-electron chi connectivity index (χ0n) is 13.4. The summed E-state index contributed by atoms with van der Waals surface area (Å²) in [5.41, 5.74) is 9.95. The molecule has 8 heteroatoms. The number of hydrogen-bond acceptors (Lipinski definition) is 6. The molecule has 6 nitrogen and oxygen atoms in total. The highest BCUT2D eigenvalue weighted by atomic mass is 32.2. The quantitative estimate of drug-likeness (QED) is 0.376. The predicted octanol–water partition coefficient (Wildman–Crippen LogP) is 3.79. The topological polar surface area (TPSA) is 96.7 Å². The second-order valence-corrected chi connectivity index (χ2v) is 7.85. The first-order chi connectivity index (χ1) is 12.1. The number of thioether (sulfide) groups is 1. The average molecular weight is 369 g/mol. The number of nitrogens with one attached hydrogen (secondary N) is 2. The first kappa shape index (κ1) is 15.9. The molecule has 4 N–H and O–H groups in total. The fourth-order valence-corrected chi connectivity index (χ4v) is 4.44. The average Bonchev–Trinajstić information content (AvgIpc) is 3.14. The summed E-state index contributed by atoms with van der Waals surface area (Å²) < 4.78 is 1.89. The van der Waals surface area contributed by atoms with E-state index in [1.54, 1.807) is 11.3 Å². The van der Waals surface area contributed by atoms with Crippen molar-refractivity contribution in [3.05, 3.63) is 42.2 Å². The molecule has 4 rings (SSSR count). The number of H-pyrrole nitrogens is 1. The van der Waals surface area contributed by atoms with Gasteiger partial charge in [-0.3, -0.25) is 4.79 Å². The molecule has 2 aromatic carbocycles. The molecule has 0 radical (unpaired) electrons. The van der Waals surface area contributed by atoms with E-state index in [2.05, 4.69) is 20.3 Å². The number of hydrogen-bond donors (Lipinski definition) is 3. The number of nitrogen functional groups attached to an aromatic ring is 1. The number of carbonyl (C=O) groups excluding carboxylic acids is 1. The van der Waals surface area contributed by atoms with Crippen molar-refractivity contribution in [1.82, 2.24) is 15.0 Å². The Bertz CT molecular complexity index is 1090. The lowest BCUT2D eigenvalue weighted by atomic mass is 10.3. The van der Waals surface area contributed by atoms with E-state index >= 15 is 0 Å². The van der Waals surface area contributed by atoms with Crippen molar-refractivity contribution in [2.24, 2.45) is 0 Å². The molecule has 126 valence electrons. The summed E-state index contributed by atoms with van der Waals surface area (Å²) in [5, 5.41) is 2.91. The molecule has 0 aliphatic heterocycles. The van der Waals surface area contributed by atoms with Crippen molar-refractivity contribution in [3.8, 4) is 0 Å². The van der Waals surface area contributed by atoms with Crippen LogP contribution in [0, 0.1) is 6.92 Å². The highest BCUT2D eigenvalue weighted by Gasteiger charge is 2.09. The molecule has 4 aromatic rings. The molecule has 0 unspecified atom stereocenters. The molecule has 0 aliphatic carbocycles. The highest BCUT2D eigenvalue weighted by Crippen LogP contribution is 2.30. The summed E-state index contributed by atoms with van der Waals surface area (Å²) in [7, 11) is 0. The molecule has 2 heterocycles. The number of aryl methyl sites for hydroxylation is 1. The maximum absolute atomic E-state index is 12.2. The van der Waals surface area contributed by atoms with Crippen LogP contribution in [0.1, 0.15) is 5.82 Å². The Hall–Kier alpha value is -2.58. The van der Waals surface area contributed by atoms with Crippen LogP contribution in [0.3, 0.4) is 0 Å². The minimum absolute atomic E-state index is 0.0700. The number of fused-ring (bicyclic) bond motifs is 2. The first-order valence-electron chi connectivity index (χ1n) is 7.62. The molecule has 1 amide bonds. The summed E-state index contributed by atoms with van der Waals surface area (Å²) in [5.74, 6) is 1.08. The Morgan fingerprint density at radius 3 is 2.96 bits per heavy atom. The molecule has 0 bridgehead atoms. The van der Waals surface area contributed by atoms with Crippen molar-refractivity contribution in [1.29, 1.82) is 0 Å². The van der Waals surface area contributed by atoms with Crippen molar-refractivity contribution >= 4 is 61.6 Å². The lowest BCUT2D eigenvalue weighted by molar-refractivity contribution is -0.113. The van der Waals surface area contributed by atoms with Gasteiger partial charge in [0.05, 0.1) is 27.0 Å². The van der Waals surface area contributed by atoms with E-state index in [4.69, 9.17) is 5.73 Å². The number of nitrogens with two attached hydrogens (primary N) is 1. The maximum atomic E-state index is 12.2. The van der Waals surface area contributed by atoms with Gasteiger partial charge in [-0.25, -0.2) is 9.97 Å². The Morgan fingerprint density at radius 1 is 1.24 bits per heavy atom. The van der Waals surface area contributed by atoms with E-state index in [1.165, 1.54) is 11.8 Å². The van der Waals surface area contributed by atoms with Gasteiger partial charge in [-0.15, -0.1) is 11.3 Å². The Morgan fingerprint density at radius 2 is 2.08 bits per heavy atom. The van der Waals surface area contributed by atoms with E-state index in [1.807, 2.05) is 43.3 Å². The van der Waals surface area contributed by atoms with Crippen molar-refractivity contribution < 1.29 is 4.79 Å². The number of thiazole rings is 1. The Balaban J connectivity index is 1.42. The summed E-state index contributed by atoms with van der Waals surface area (Å²) in [4.78, 5) is 24.2. The zero-order chi connectivity index (χ0) is 17.4. The fraction of sp³-hybridized carbons (Fsp3) is 0.118. The van der Waals surface area contributed by atoms with Gasteiger partial charge in [0.15, 0.2) is 4.34 Å². The van der Waals surface area contributed by atoms with Crippen molar-refractivity contribution in [2.75, 3.05) is 16.8 Å². The number of carbonyl (C=O) groups is 1. The van der Waals surface area contributed by atoms with Crippen LogP contribution in [-0.2, 0) is 4.79 Å². The van der Waals surface area contributed by atoms with Crippen LogP contribution in [0.4, 0.5) is 11.4 Å². The van der Waals surface area contributed by atoms with Gasteiger partial charge in [0.2, 0.25) is 5.91 Å². The van der Waals surface area contributed by atoms with E-state index in [0.29, 0.717) is 5.75 Å². The smallest absolute Gasteiger partial charge is 0.234 e. The first-order valence-corrected chi connectivity index (χ1v) is 9.42. The molecule has 2 aromatic heterocycles. The van der Waals surface area contributed by atoms with Gasteiger partial charge < -0.3 is 16.0 Å². The molecule has 0 spiro atoms. The number of imidazole rings is 1. The molecule has 0 saturated carbocycles. The number of aromatic nitrogens is 3. The SMILES string of the molecule is Cc1nc2ccc(NC(=O)CSc3nc4ccc(N)cc4s3)cc2[nH]1. The summed E-state index contributed by atoms with van der Waals surface area (Å²) in [6.07, 6.45) is 0. The van der Waals surface area contributed by atoms with Gasteiger partial charge in [0, 0.05) is 11.4 Å². The van der Waals surface area contributed by atoms with Crippen molar-refractivity contribution in [2.45, 2.75) is 11.3 Å². The van der Waals surface area contributed by atoms with Crippen LogP contribution < -0.4 is 11.1 Å². The molecular formula is C17H15N5OS2. The van der Waals surface area contributed by atoms with Gasteiger partial charge in [0.25, 0.3) is 0 Å². The molecule has 0 aliphatic rings. The third-order valence-electron chi connectivity index (χ3n) is 3.60. The normalized spacial score (nSPS) is 11.2. The highest BCUT2D eigenvalue weighted by molar-refractivity contribution is 8.01. The lowest BCUT2D eigenvalue weighted by Gasteiger charge is -2.04. The lowest BCUT2D eigenvalue weighted by Crippen LogP contribution is -2.13. The van der Waals surface area contributed by atoms with E-state index in [0.717, 1.165) is 42.8 Å². The fourth-order valence-electron chi connectivity index (χ4n) is 2.52. The van der Waals surface area contributed by atoms with Gasteiger partial charge in [-0.05, 0) is 43.3 Å². The third-order valence-corrected chi connectivity index (χ3v) is 5.76. The number of rotatable bonds is 4. The number of amides is 1. The largest absolute Gasteiger partial charge is 0.399 e. The van der Waals surface area contributed by atoms with Crippen molar-refractivity contribution in [3.63, 3.8) is 0 Å². The molecule has 0 saturated heterocycles. The Kier molecular flexibility index (Phi) is 4.06.